The summed E-state index contributed by atoms with van der Waals surface area (Å²) >= 11 is 1.80. The highest BCUT2D eigenvalue weighted by molar-refractivity contribution is 7.12. The Morgan fingerprint density at radius 2 is 2.08 bits per heavy atom. The fourth-order valence-electron chi connectivity index (χ4n) is 2.70. The number of nitrogens with zero attached hydrogens (tertiary/aromatic N) is 1. The zero-order valence-electron chi connectivity index (χ0n) is 15.1. The molecule has 0 aliphatic heterocycles. The average Bonchev–Trinajstić information content (AvgIpc) is 2.90. The van der Waals surface area contributed by atoms with Crippen molar-refractivity contribution in [3.8, 4) is 5.75 Å². The third-order valence-electron chi connectivity index (χ3n) is 4.09. The maximum Gasteiger partial charge on any atom is 0.236 e. The van der Waals surface area contributed by atoms with Gasteiger partial charge in [0.05, 0.1) is 13.7 Å². The van der Waals surface area contributed by atoms with E-state index in [1.807, 2.05) is 31.3 Å². The molecule has 0 saturated heterocycles. The van der Waals surface area contributed by atoms with Crippen LogP contribution in [0.2, 0.25) is 0 Å². The Hall–Kier alpha value is -1.85. The van der Waals surface area contributed by atoms with E-state index in [1.54, 1.807) is 23.3 Å². The predicted molar refractivity (Wildman–Crippen MR) is 99.7 cm³/mol. The SMILES string of the molecule is COc1cccc(CN(C)C(=O)CNC(C)c2cc(C)sc2C)c1. The molecule has 0 aliphatic rings. The number of aryl methyl sites for hydroxylation is 2. The van der Waals surface area contributed by atoms with Gasteiger partial charge in [0.1, 0.15) is 5.75 Å². The molecule has 0 bridgehead atoms. The second kappa shape index (κ2) is 8.31. The van der Waals surface area contributed by atoms with Crippen molar-refractivity contribution in [3.63, 3.8) is 0 Å². The number of amides is 1. The van der Waals surface area contributed by atoms with Crippen molar-refractivity contribution in [3.05, 3.63) is 51.2 Å². The van der Waals surface area contributed by atoms with E-state index in [9.17, 15) is 4.79 Å². The van der Waals surface area contributed by atoms with Crippen LogP contribution < -0.4 is 10.1 Å². The highest BCUT2D eigenvalue weighted by Gasteiger charge is 2.14. The molecule has 1 aromatic carbocycles. The summed E-state index contributed by atoms with van der Waals surface area (Å²) in [5, 5.41) is 3.33. The van der Waals surface area contributed by atoms with Crippen molar-refractivity contribution in [1.82, 2.24) is 10.2 Å². The van der Waals surface area contributed by atoms with Gasteiger partial charge in [-0.05, 0) is 50.1 Å². The molecular formula is C19H26N2O2S. The number of hydrogen-bond donors (Lipinski definition) is 1. The summed E-state index contributed by atoms with van der Waals surface area (Å²) in [7, 11) is 3.47. The normalized spacial score (nSPS) is 12.0. The number of nitrogens with one attached hydrogen (secondary N) is 1. The molecule has 4 nitrogen and oxygen atoms in total. The van der Waals surface area contributed by atoms with Crippen molar-refractivity contribution < 1.29 is 9.53 Å². The molecule has 0 spiro atoms. The molecule has 5 heteroatoms. The molecule has 2 rings (SSSR count). The summed E-state index contributed by atoms with van der Waals surface area (Å²) < 4.78 is 5.22. The number of methoxy groups -OCH3 is 1. The van der Waals surface area contributed by atoms with E-state index in [4.69, 9.17) is 4.74 Å². The Balaban J connectivity index is 1.88. The van der Waals surface area contributed by atoms with Crippen LogP contribution in [-0.4, -0.2) is 31.5 Å². The van der Waals surface area contributed by atoms with Crippen LogP contribution in [-0.2, 0) is 11.3 Å². The minimum Gasteiger partial charge on any atom is -0.497 e. The van der Waals surface area contributed by atoms with Gasteiger partial charge >= 0.3 is 0 Å². The third-order valence-corrected chi connectivity index (χ3v) is 5.07. The minimum absolute atomic E-state index is 0.0780. The number of carbonyl (C=O) groups excluding carboxylic acids is 1. The standard InChI is InChI=1S/C19H26N2O2S/c1-13-9-18(15(3)24-13)14(2)20-11-19(22)21(4)12-16-7-6-8-17(10-16)23-5/h6-10,14,20H,11-12H2,1-5H3. The molecule has 0 radical (unpaired) electrons. The number of likely N-dealkylation sites (N-methyl/N-ethyl adjacent to an activating group) is 1. The maximum absolute atomic E-state index is 12.4. The van der Waals surface area contributed by atoms with Gasteiger partial charge < -0.3 is 15.0 Å². The van der Waals surface area contributed by atoms with Crippen molar-refractivity contribution in [2.24, 2.45) is 0 Å². The van der Waals surface area contributed by atoms with Gasteiger partial charge in [0.2, 0.25) is 5.91 Å². The van der Waals surface area contributed by atoms with Gasteiger partial charge in [0, 0.05) is 29.4 Å². The summed E-state index contributed by atoms with van der Waals surface area (Å²) in [5.74, 6) is 0.887. The van der Waals surface area contributed by atoms with E-state index in [-0.39, 0.29) is 11.9 Å². The first-order valence-electron chi connectivity index (χ1n) is 8.08. The lowest BCUT2D eigenvalue weighted by Gasteiger charge is -2.20. The zero-order chi connectivity index (χ0) is 17.7. The van der Waals surface area contributed by atoms with E-state index in [1.165, 1.54) is 15.3 Å². The van der Waals surface area contributed by atoms with Crippen LogP contribution in [0.15, 0.2) is 30.3 Å². The second-order valence-corrected chi connectivity index (χ2v) is 7.53. The van der Waals surface area contributed by atoms with Crippen LogP contribution in [0.25, 0.3) is 0 Å². The van der Waals surface area contributed by atoms with E-state index in [2.05, 4.69) is 32.2 Å². The van der Waals surface area contributed by atoms with Crippen LogP contribution in [0.1, 0.15) is 33.8 Å². The van der Waals surface area contributed by atoms with Crippen LogP contribution in [0.3, 0.4) is 0 Å². The molecule has 1 heterocycles. The Labute approximate surface area is 148 Å². The highest BCUT2D eigenvalue weighted by atomic mass is 32.1. The fraction of sp³-hybridized carbons (Fsp3) is 0.421. The molecule has 1 atom stereocenters. The smallest absolute Gasteiger partial charge is 0.236 e. The summed E-state index contributed by atoms with van der Waals surface area (Å²) in [6.07, 6.45) is 0. The summed E-state index contributed by atoms with van der Waals surface area (Å²) in [4.78, 5) is 16.7. The fourth-order valence-corrected chi connectivity index (χ4v) is 3.72. The van der Waals surface area contributed by atoms with Crippen LogP contribution in [0.5, 0.6) is 5.75 Å². The van der Waals surface area contributed by atoms with Gasteiger partial charge in [-0.2, -0.15) is 0 Å². The number of thiophene rings is 1. The average molecular weight is 346 g/mol. The summed E-state index contributed by atoms with van der Waals surface area (Å²) in [6.45, 7) is 7.24. The van der Waals surface area contributed by atoms with Crippen LogP contribution in [0, 0.1) is 13.8 Å². The van der Waals surface area contributed by atoms with Gasteiger partial charge in [-0.25, -0.2) is 0 Å². The lowest BCUT2D eigenvalue weighted by Crippen LogP contribution is -2.36. The second-order valence-electron chi connectivity index (χ2n) is 6.07. The van der Waals surface area contributed by atoms with Gasteiger partial charge in [-0.3, -0.25) is 4.79 Å². The van der Waals surface area contributed by atoms with Crippen molar-refractivity contribution in [1.29, 1.82) is 0 Å². The summed E-state index contributed by atoms with van der Waals surface area (Å²) in [5.41, 5.74) is 2.34. The molecule has 0 saturated carbocycles. The molecule has 1 aromatic heterocycles. The first kappa shape index (κ1) is 18.5. The Bertz CT molecular complexity index is 696. The van der Waals surface area contributed by atoms with Crippen LogP contribution in [0.4, 0.5) is 0 Å². The van der Waals surface area contributed by atoms with Crippen molar-refractivity contribution in [2.45, 2.75) is 33.4 Å². The Kier molecular flexibility index (Phi) is 6.40. The number of rotatable bonds is 7. The Morgan fingerprint density at radius 1 is 1.33 bits per heavy atom. The van der Waals surface area contributed by atoms with Crippen molar-refractivity contribution >= 4 is 17.2 Å². The Morgan fingerprint density at radius 3 is 2.71 bits per heavy atom. The molecule has 24 heavy (non-hydrogen) atoms. The van der Waals surface area contributed by atoms with Gasteiger partial charge in [-0.15, -0.1) is 11.3 Å². The van der Waals surface area contributed by atoms with E-state index < -0.39 is 0 Å². The quantitative estimate of drug-likeness (QED) is 0.831. The molecule has 0 fully saturated rings. The lowest BCUT2D eigenvalue weighted by atomic mass is 10.1. The highest BCUT2D eigenvalue weighted by Crippen LogP contribution is 2.26. The molecule has 1 amide bonds. The number of benzene rings is 1. The molecule has 2 aromatic rings. The number of ether oxygens (including phenoxy) is 1. The molecule has 1 unspecified atom stereocenters. The van der Waals surface area contributed by atoms with Crippen molar-refractivity contribution in [2.75, 3.05) is 20.7 Å². The predicted octanol–water partition coefficient (Wildman–Crippen LogP) is 3.68. The first-order valence-corrected chi connectivity index (χ1v) is 8.89. The number of hydrogen-bond acceptors (Lipinski definition) is 4. The maximum atomic E-state index is 12.4. The largest absolute Gasteiger partial charge is 0.497 e. The molecule has 0 aliphatic carbocycles. The molecule has 130 valence electrons. The molecular weight excluding hydrogens is 320 g/mol. The van der Waals surface area contributed by atoms with E-state index in [0.717, 1.165) is 11.3 Å². The van der Waals surface area contributed by atoms with E-state index in [0.29, 0.717) is 13.1 Å². The summed E-state index contributed by atoms with van der Waals surface area (Å²) in [6, 6.07) is 10.2. The third kappa shape index (κ3) is 4.82. The molecule has 1 N–H and O–H groups in total. The van der Waals surface area contributed by atoms with Gasteiger partial charge in [0.25, 0.3) is 0 Å². The minimum atomic E-state index is 0.0780. The lowest BCUT2D eigenvalue weighted by molar-refractivity contribution is -0.129. The van der Waals surface area contributed by atoms with Crippen LogP contribution >= 0.6 is 11.3 Å². The van der Waals surface area contributed by atoms with E-state index >= 15 is 0 Å². The van der Waals surface area contributed by atoms with Gasteiger partial charge in [-0.1, -0.05) is 12.1 Å². The topological polar surface area (TPSA) is 41.6 Å². The van der Waals surface area contributed by atoms with Gasteiger partial charge in [0.15, 0.2) is 0 Å². The number of carbonyl (C=O) groups is 1. The monoisotopic (exact) mass is 346 g/mol. The zero-order valence-corrected chi connectivity index (χ0v) is 15.9. The first-order chi connectivity index (χ1) is 11.4.